The summed E-state index contributed by atoms with van der Waals surface area (Å²) in [5, 5.41) is 0. The summed E-state index contributed by atoms with van der Waals surface area (Å²) < 4.78 is 0. The van der Waals surface area contributed by atoms with Crippen LogP contribution in [0.2, 0.25) is 0 Å². The number of halogens is 5. The molecule has 0 aliphatic carbocycles. The molecule has 0 aliphatic rings. The van der Waals surface area contributed by atoms with Crippen molar-refractivity contribution in [2.75, 3.05) is 0 Å². The normalized spacial score (nSPS) is 10.9. The van der Waals surface area contributed by atoms with Crippen LogP contribution in [0, 0.1) is 0 Å². The summed E-state index contributed by atoms with van der Waals surface area (Å²) in [5.41, 5.74) is -1.24. The van der Waals surface area contributed by atoms with Crippen LogP contribution in [-0.2, 0) is 6.42 Å². The van der Waals surface area contributed by atoms with Crippen molar-refractivity contribution in [1.29, 1.82) is 0 Å². The summed E-state index contributed by atoms with van der Waals surface area (Å²) in [7, 11) is 0. The van der Waals surface area contributed by atoms with E-state index in [-0.39, 0.29) is 0 Å². The van der Waals surface area contributed by atoms with E-state index in [9.17, 15) is 0 Å². The van der Waals surface area contributed by atoms with Gasteiger partial charge in [0.05, 0.1) is 0 Å². The Morgan fingerprint density at radius 3 is 1.67 bits per heavy atom. The maximum atomic E-state index is 5.34. The Morgan fingerprint density at radius 2 is 1.47 bits per heavy atom. The van der Waals surface area contributed by atoms with E-state index in [1.165, 1.54) is 5.56 Å². The molecule has 0 unspecified atom stereocenters. The van der Waals surface area contributed by atoms with Crippen molar-refractivity contribution >= 4 is 67.8 Å². The predicted octanol–water partition coefficient (Wildman–Crippen LogP) is 4.67. The molecular formula is C8H11Cl5Si2. The Bertz CT molecular complexity index is 259. The van der Waals surface area contributed by atoms with E-state index in [2.05, 4.69) is 31.2 Å². The molecule has 0 spiro atoms. The monoisotopic (exact) mass is 338 g/mol. The van der Waals surface area contributed by atoms with Gasteiger partial charge in [0.2, 0.25) is 0 Å². The fraction of sp³-hybridized carbons (Fsp3) is 0.250. The van der Waals surface area contributed by atoms with Crippen molar-refractivity contribution < 1.29 is 0 Å². The lowest BCUT2D eigenvalue weighted by Gasteiger charge is -2.03. The number of aryl methyl sites for hydroxylation is 1. The van der Waals surface area contributed by atoms with Crippen LogP contribution in [0.1, 0.15) is 12.5 Å². The van der Waals surface area contributed by atoms with E-state index in [1.54, 1.807) is 0 Å². The molecule has 0 saturated carbocycles. The van der Waals surface area contributed by atoms with Crippen LogP contribution >= 0.6 is 55.4 Å². The van der Waals surface area contributed by atoms with Gasteiger partial charge in [0.15, 0.2) is 0 Å². The molecule has 0 fully saturated rings. The minimum Gasteiger partial charge on any atom is -0.149 e. The molecular weight excluding hydrogens is 330 g/mol. The molecule has 0 aromatic heterocycles. The Hall–Kier alpha value is 1.10. The lowest BCUT2D eigenvalue weighted by molar-refractivity contribution is 1.14. The van der Waals surface area contributed by atoms with Gasteiger partial charge in [-0.05, 0) is 12.0 Å². The van der Waals surface area contributed by atoms with Crippen LogP contribution in [0.15, 0.2) is 30.3 Å². The highest BCUT2D eigenvalue weighted by Crippen LogP contribution is 2.26. The molecule has 0 amide bonds. The van der Waals surface area contributed by atoms with E-state index in [0.29, 0.717) is 0 Å². The first-order chi connectivity index (χ1) is 6.88. The maximum absolute atomic E-state index is 5.34. The first-order valence-corrected chi connectivity index (χ1v) is 14.6. The zero-order chi connectivity index (χ0) is 11.9. The van der Waals surface area contributed by atoms with Crippen molar-refractivity contribution in [3.63, 3.8) is 0 Å². The Morgan fingerprint density at radius 1 is 1.07 bits per heavy atom. The van der Waals surface area contributed by atoms with Crippen molar-refractivity contribution in [2.45, 2.75) is 13.3 Å². The third kappa shape index (κ3) is 8.87. The van der Waals surface area contributed by atoms with Gasteiger partial charge in [-0.1, -0.05) is 37.3 Å². The molecule has 0 heterocycles. The predicted molar refractivity (Wildman–Crippen MR) is 78.0 cm³/mol. The Labute approximate surface area is 116 Å². The average molecular weight is 341 g/mol. The van der Waals surface area contributed by atoms with Gasteiger partial charge >= 0.3 is 5.52 Å². The average Bonchev–Trinajstić information content (AvgIpc) is 2.18. The Balaban J connectivity index is 0.000000265. The third-order valence-corrected chi connectivity index (χ3v) is 21.3. The van der Waals surface area contributed by atoms with E-state index < -0.39 is 12.5 Å². The second-order valence-corrected chi connectivity index (χ2v) is 24.6. The van der Waals surface area contributed by atoms with Gasteiger partial charge in [-0.15, -0.1) is 55.4 Å². The minimum absolute atomic E-state index is 1.14. The summed E-state index contributed by atoms with van der Waals surface area (Å²) in [4.78, 5) is 0. The molecule has 0 radical (unpaired) electrons. The second kappa shape index (κ2) is 8.23. The van der Waals surface area contributed by atoms with E-state index in [4.69, 9.17) is 55.4 Å². The van der Waals surface area contributed by atoms with Crippen LogP contribution in [0.25, 0.3) is 0 Å². The van der Waals surface area contributed by atoms with Crippen molar-refractivity contribution in [3.05, 3.63) is 35.9 Å². The van der Waals surface area contributed by atoms with Gasteiger partial charge in [0, 0.05) is 0 Å². The molecule has 86 valence electrons. The van der Waals surface area contributed by atoms with Crippen LogP contribution < -0.4 is 0 Å². The van der Waals surface area contributed by atoms with Gasteiger partial charge in [-0.3, -0.25) is 0 Å². The van der Waals surface area contributed by atoms with Gasteiger partial charge in [-0.25, -0.2) is 0 Å². The summed E-state index contributed by atoms with van der Waals surface area (Å²) in [5.74, 6) is 0. The zero-order valence-corrected chi connectivity index (χ0v) is 14.0. The zero-order valence-electron chi connectivity index (χ0n) is 8.06. The topological polar surface area (TPSA) is 0 Å². The molecule has 7 heteroatoms. The summed E-state index contributed by atoms with van der Waals surface area (Å²) in [6.45, 7) is 0.183. The number of benzene rings is 1. The summed E-state index contributed by atoms with van der Waals surface area (Å²) in [6, 6.07) is 10.5. The second-order valence-electron chi connectivity index (χ2n) is 2.68. The Kier molecular flexibility index (Phi) is 8.84. The molecule has 0 saturated heterocycles. The number of hydrogen-bond acceptors (Lipinski definition) is 0. The molecule has 0 bridgehead atoms. The molecule has 0 N–H and O–H groups in total. The molecule has 0 atom stereocenters. The fourth-order valence-corrected chi connectivity index (χ4v) is 0.714. The molecule has 1 aromatic carbocycles. The van der Waals surface area contributed by atoms with Gasteiger partial charge < -0.3 is 0 Å². The highest BCUT2D eigenvalue weighted by atomic mass is 35.9. The van der Waals surface area contributed by atoms with Gasteiger partial charge in [0.1, 0.15) is 0 Å². The van der Waals surface area contributed by atoms with Crippen LogP contribution in [0.5, 0.6) is 0 Å². The van der Waals surface area contributed by atoms with Crippen LogP contribution in [-0.4, -0.2) is 12.5 Å². The molecule has 1 rings (SSSR count). The number of hydrogen-bond donors (Lipinski definition) is 0. The maximum Gasteiger partial charge on any atom is 0.355 e. The lowest BCUT2D eigenvalue weighted by Crippen LogP contribution is -2.25. The van der Waals surface area contributed by atoms with Crippen molar-refractivity contribution in [3.8, 4) is 0 Å². The summed E-state index contributed by atoms with van der Waals surface area (Å²) >= 11 is 26.7. The summed E-state index contributed by atoms with van der Waals surface area (Å²) in [6.07, 6.45) is 1.14. The van der Waals surface area contributed by atoms with Crippen molar-refractivity contribution in [2.24, 2.45) is 0 Å². The third-order valence-electron chi connectivity index (χ3n) is 1.50. The number of rotatable bonds is 2. The SMILES string of the molecule is CCc1ccccc1.Cl[SiH](Cl)[Si](Cl)(Cl)Cl. The highest BCUT2D eigenvalue weighted by molar-refractivity contribution is 7.97. The molecule has 1 aromatic rings. The first-order valence-electron chi connectivity index (χ1n) is 4.26. The van der Waals surface area contributed by atoms with E-state index >= 15 is 0 Å². The van der Waals surface area contributed by atoms with Crippen LogP contribution in [0.4, 0.5) is 0 Å². The lowest BCUT2D eigenvalue weighted by atomic mass is 10.2. The molecule has 0 nitrogen and oxygen atoms in total. The van der Waals surface area contributed by atoms with Gasteiger partial charge in [0.25, 0.3) is 6.93 Å². The molecule has 15 heavy (non-hydrogen) atoms. The van der Waals surface area contributed by atoms with Gasteiger partial charge in [-0.2, -0.15) is 0 Å². The van der Waals surface area contributed by atoms with E-state index in [1.807, 2.05) is 6.07 Å². The fourth-order valence-electron chi connectivity index (χ4n) is 0.714. The standard InChI is InChI=1S/C8H10.Cl5HSi2/c1-2-8-6-4-3-5-7-8;1-6(2)7(3,4)5/h3-7H,2H2,1H3;6H. The molecule has 0 aliphatic heterocycles. The minimum atomic E-state index is -2.65. The van der Waals surface area contributed by atoms with E-state index in [0.717, 1.165) is 6.42 Å². The van der Waals surface area contributed by atoms with Crippen molar-refractivity contribution in [1.82, 2.24) is 0 Å². The quantitative estimate of drug-likeness (QED) is 0.542. The van der Waals surface area contributed by atoms with Crippen LogP contribution in [0.3, 0.4) is 0 Å². The highest BCUT2D eigenvalue weighted by Gasteiger charge is 2.35. The smallest absolute Gasteiger partial charge is 0.149 e. The largest absolute Gasteiger partial charge is 0.355 e. The first kappa shape index (κ1) is 16.1.